The molecule has 118 valence electrons. The highest BCUT2D eigenvalue weighted by molar-refractivity contribution is 5.39. The van der Waals surface area contributed by atoms with E-state index >= 15 is 0 Å². The zero-order valence-electron chi connectivity index (χ0n) is 13.9. The third-order valence-corrected chi connectivity index (χ3v) is 4.69. The lowest BCUT2D eigenvalue weighted by Crippen LogP contribution is -2.12. The second-order valence-corrected chi connectivity index (χ2v) is 6.37. The molecule has 0 nitrogen and oxygen atoms in total. The second kappa shape index (κ2) is 8.79. The Labute approximate surface area is 134 Å². The van der Waals surface area contributed by atoms with E-state index in [-0.39, 0.29) is 5.82 Å². The fourth-order valence-electron chi connectivity index (χ4n) is 3.26. The topological polar surface area (TPSA) is 0 Å². The normalized spacial score (nSPS) is 21.6. The summed E-state index contributed by atoms with van der Waals surface area (Å²) in [6.07, 6.45) is 12.9. The molecule has 1 heteroatoms. The van der Waals surface area contributed by atoms with Gasteiger partial charge in [-0.25, -0.2) is 4.39 Å². The quantitative estimate of drug-likeness (QED) is 0.607. The number of rotatable bonds is 4. The predicted octanol–water partition coefficient (Wildman–Crippen LogP) is 5.90. The van der Waals surface area contributed by atoms with Crippen LogP contribution < -0.4 is 0 Å². The molecule has 1 aromatic rings. The number of halogens is 1. The van der Waals surface area contributed by atoms with E-state index in [1.165, 1.54) is 38.5 Å². The van der Waals surface area contributed by atoms with Crippen molar-refractivity contribution >= 4 is 0 Å². The molecular formula is C21H27F. The Bertz CT molecular complexity index is 551. The van der Waals surface area contributed by atoms with Gasteiger partial charge in [-0.15, -0.1) is 0 Å². The summed E-state index contributed by atoms with van der Waals surface area (Å²) in [5, 5.41) is 0. The molecule has 0 aromatic heterocycles. The van der Waals surface area contributed by atoms with Gasteiger partial charge in [0.15, 0.2) is 0 Å². The van der Waals surface area contributed by atoms with E-state index < -0.39 is 0 Å². The van der Waals surface area contributed by atoms with Gasteiger partial charge in [0.1, 0.15) is 5.82 Å². The van der Waals surface area contributed by atoms with E-state index in [9.17, 15) is 4.39 Å². The van der Waals surface area contributed by atoms with Crippen LogP contribution in [0.15, 0.2) is 30.4 Å². The van der Waals surface area contributed by atoms with Crippen molar-refractivity contribution in [2.24, 2.45) is 11.8 Å². The van der Waals surface area contributed by atoms with Crippen molar-refractivity contribution in [1.82, 2.24) is 0 Å². The molecule has 2 rings (SSSR count). The highest BCUT2D eigenvalue weighted by Gasteiger charge is 2.18. The number of hydrogen-bond donors (Lipinski definition) is 0. The molecule has 0 spiro atoms. The molecule has 0 saturated heterocycles. The zero-order chi connectivity index (χ0) is 15.8. The molecule has 1 saturated carbocycles. The van der Waals surface area contributed by atoms with Crippen LogP contribution >= 0.6 is 0 Å². The van der Waals surface area contributed by atoms with Gasteiger partial charge in [-0.2, -0.15) is 0 Å². The van der Waals surface area contributed by atoms with E-state index in [1.807, 2.05) is 19.1 Å². The zero-order valence-corrected chi connectivity index (χ0v) is 13.9. The van der Waals surface area contributed by atoms with Gasteiger partial charge in [0.25, 0.3) is 0 Å². The largest absolute Gasteiger partial charge is 0.206 e. The van der Waals surface area contributed by atoms with Crippen LogP contribution in [0.25, 0.3) is 0 Å². The summed E-state index contributed by atoms with van der Waals surface area (Å²) in [6.45, 7) is 4.30. The van der Waals surface area contributed by atoms with Crippen molar-refractivity contribution in [3.05, 3.63) is 47.3 Å². The third-order valence-electron chi connectivity index (χ3n) is 4.69. The lowest BCUT2D eigenvalue weighted by molar-refractivity contribution is 0.294. The molecule has 0 N–H and O–H groups in total. The standard InChI is InChI=1S/C21H27F/c1-3-7-18-10-12-19(13-11-18)8-5-6-9-20-15-14-17(4-2)16-21(20)22/h5,8,14-16,18-19H,3-4,7,10-13H2,1-2H3. The van der Waals surface area contributed by atoms with Crippen LogP contribution in [0.2, 0.25) is 0 Å². The van der Waals surface area contributed by atoms with Gasteiger partial charge in [-0.05, 0) is 67.7 Å². The first kappa shape index (κ1) is 16.8. The molecule has 1 fully saturated rings. The molecule has 0 heterocycles. The summed E-state index contributed by atoms with van der Waals surface area (Å²) in [7, 11) is 0. The van der Waals surface area contributed by atoms with Crippen molar-refractivity contribution in [3.8, 4) is 11.8 Å². The Morgan fingerprint density at radius 1 is 1.18 bits per heavy atom. The number of benzene rings is 1. The lowest BCUT2D eigenvalue weighted by Gasteiger charge is -2.26. The SMILES string of the molecule is CCCC1CCC(C=CC#Cc2ccc(CC)cc2F)CC1. The highest BCUT2D eigenvalue weighted by Crippen LogP contribution is 2.31. The van der Waals surface area contributed by atoms with Crippen molar-refractivity contribution in [2.45, 2.75) is 58.8 Å². The van der Waals surface area contributed by atoms with Gasteiger partial charge in [-0.3, -0.25) is 0 Å². The predicted molar refractivity (Wildman–Crippen MR) is 92.2 cm³/mol. The molecule has 22 heavy (non-hydrogen) atoms. The summed E-state index contributed by atoms with van der Waals surface area (Å²) < 4.78 is 13.8. The molecule has 0 radical (unpaired) electrons. The minimum Gasteiger partial charge on any atom is -0.206 e. The first-order valence-electron chi connectivity index (χ1n) is 8.69. The van der Waals surface area contributed by atoms with Gasteiger partial charge in [0.2, 0.25) is 0 Å². The van der Waals surface area contributed by atoms with Crippen molar-refractivity contribution < 1.29 is 4.39 Å². The van der Waals surface area contributed by atoms with Crippen molar-refractivity contribution in [3.63, 3.8) is 0 Å². The summed E-state index contributed by atoms with van der Waals surface area (Å²) >= 11 is 0. The lowest BCUT2D eigenvalue weighted by atomic mass is 9.80. The first-order valence-corrected chi connectivity index (χ1v) is 8.69. The van der Waals surface area contributed by atoms with Crippen LogP contribution in [0.5, 0.6) is 0 Å². The number of hydrogen-bond acceptors (Lipinski definition) is 0. The molecule has 1 aromatic carbocycles. The van der Waals surface area contributed by atoms with E-state index in [2.05, 4.69) is 24.8 Å². The van der Waals surface area contributed by atoms with Crippen LogP contribution in [0, 0.1) is 29.5 Å². The average Bonchev–Trinajstić information content (AvgIpc) is 2.54. The van der Waals surface area contributed by atoms with E-state index in [0.717, 1.165) is 17.9 Å². The van der Waals surface area contributed by atoms with E-state index in [4.69, 9.17) is 0 Å². The Morgan fingerprint density at radius 2 is 1.95 bits per heavy atom. The minimum atomic E-state index is -0.208. The summed E-state index contributed by atoms with van der Waals surface area (Å²) in [4.78, 5) is 0. The third kappa shape index (κ3) is 5.02. The van der Waals surface area contributed by atoms with Crippen molar-refractivity contribution in [2.75, 3.05) is 0 Å². The van der Waals surface area contributed by atoms with Gasteiger partial charge in [-0.1, -0.05) is 50.7 Å². The molecule has 0 unspecified atom stereocenters. The Kier molecular flexibility index (Phi) is 6.72. The Balaban J connectivity index is 1.86. The van der Waals surface area contributed by atoms with Crippen LogP contribution in [-0.4, -0.2) is 0 Å². The van der Waals surface area contributed by atoms with Crippen LogP contribution in [-0.2, 0) is 6.42 Å². The highest BCUT2D eigenvalue weighted by atomic mass is 19.1. The van der Waals surface area contributed by atoms with Crippen LogP contribution in [0.3, 0.4) is 0 Å². The van der Waals surface area contributed by atoms with Gasteiger partial charge in [0.05, 0.1) is 5.56 Å². The maximum Gasteiger partial charge on any atom is 0.139 e. The first-order chi connectivity index (χ1) is 10.7. The smallest absolute Gasteiger partial charge is 0.139 e. The molecule has 1 aliphatic rings. The summed E-state index contributed by atoms with van der Waals surface area (Å²) in [5.74, 6) is 7.30. The molecule has 1 aliphatic carbocycles. The minimum absolute atomic E-state index is 0.208. The molecule has 0 atom stereocenters. The van der Waals surface area contributed by atoms with Crippen LogP contribution in [0.1, 0.15) is 63.5 Å². The van der Waals surface area contributed by atoms with E-state index in [1.54, 1.807) is 12.1 Å². The number of allylic oxidation sites excluding steroid dienone is 2. The average molecular weight is 298 g/mol. The van der Waals surface area contributed by atoms with Gasteiger partial charge >= 0.3 is 0 Å². The summed E-state index contributed by atoms with van der Waals surface area (Å²) in [6, 6.07) is 5.32. The van der Waals surface area contributed by atoms with Crippen LogP contribution in [0.4, 0.5) is 4.39 Å². The summed E-state index contributed by atoms with van der Waals surface area (Å²) in [5.41, 5.74) is 1.51. The number of aryl methyl sites for hydroxylation is 1. The fraction of sp³-hybridized carbons (Fsp3) is 0.524. The molecule has 0 bridgehead atoms. The Morgan fingerprint density at radius 3 is 2.59 bits per heavy atom. The van der Waals surface area contributed by atoms with Gasteiger partial charge in [0, 0.05) is 0 Å². The van der Waals surface area contributed by atoms with Crippen molar-refractivity contribution in [1.29, 1.82) is 0 Å². The molecule has 0 amide bonds. The van der Waals surface area contributed by atoms with E-state index in [0.29, 0.717) is 11.5 Å². The molecular weight excluding hydrogens is 271 g/mol. The second-order valence-electron chi connectivity index (χ2n) is 6.37. The maximum atomic E-state index is 13.8. The maximum absolute atomic E-state index is 13.8. The fourth-order valence-corrected chi connectivity index (χ4v) is 3.26. The monoisotopic (exact) mass is 298 g/mol. The van der Waals surface area contributed by atoms with Gasteiger partial charge < -0.3 is 0 Å². The Hall–Kier alpha value is -1.55. The molecule has 0 aliphatic heterocycles.